The number of nitrogens with zero attached hydrogens (tertiary/aromatic N) is 2. The van der Waals surface area contributed by atoms with E-state index in [1.807, 2.05) is 31.2 Å². The first-order chi connectivity index (χ1) is 8.17. The Bertz CT molecular complexity index is 408. The Labute approximate surface area is 110 Å². The van der Waals surface area contributed by atoms with Gasteiger partial charge in [0.05, 0.1) is 18.9 Å². The third-order valence-corrected chi connectivity index (χ3v) is 3.03. The molecule has 17 heavy (non-hydrogen) atoms. The summed E-state index contributed by atoms with van der Waals surface area (Å²) >= 11 is 3.36. The average molecular weight is 295 g/mol. The molecule has 0 spiro atoms. The number of rotatable bonds is 5. The van der Waals surface area contributed by atoms with E-state index in [1.165, 1.54) is 0 Å². The lowest BCUT2D eigenvalue weighted by Crippen LogP contribution is -2.32. The predicted octanol–water partition coefficient (Wildman–Crippen LogP) is 2.75. The van der Waals surface area contributed by atoms with E-state index in [2.05, 4.69) is 22.0 Å². The van der Waals surface area contributed by atoms with Gasteiger partial charge in [-0.3, -0.25) is 4.79 Å². The fourth-order valence-corrected chi connectivity index (χ4v) is 1.80. The van der Waals surface area contributed by atoms with E-state index in [1.54, 1.807) is 4.90 Å². The van der Waals surface area contributed by atoms with Crippen molar-refractivity contribution < 1.29 is 4.79 Å². The van der Waals surface area contributed by atoms with Gasteiger partial charge >= 0.3 is 0 Å². The minimum absolute atomic E-state index is 0.0741. The van der Waals surface area contributed by atoms with Crippen molar-refractivity contribution in [2.24, 2.45) is 0 Å². The molecule has 0 heterocycles. The Balaban J connectivity index is 2.58. The second-order valence-electron chi connectivity index (χ2n) is 3.68. The number of nitriles is 1. The first-order valence-electron chi connectivity index (χ1n) is 5.56. The number of halogens is 1. The fraction of sp³-hybridized carbons (Fsp3) is 0.385. The third kappa shape index (κ3) is 4.58. The molecule has 0 radical (unpaired) electrons. The molecule has 0 bridgehead atoms. The van der Waals surface area contributed by atoms with Crippen LogP contribution >= 0.6 is 15.9 Å². The van der Waals surface area contributed by atoms with E-state index >= 15 is 0 Å². The lowest BCUT2D eigenvalue weighted by molar-refractivity contribution is -0.130. The maximum atomic E-state index is 11.9. The summed E-state index contributed by atoms with van der Waals surface area (Å²) in [6.45, 7) is 3.09. The van der Waals surface area contributed by atoms with Crippen LogP contribution in [-0.4, -0.2) is 23.9 Å². The molecule has 0 aromatic heterocycles. The van der Waals surface area contributed by atoms with Crippen molar-refractivity contribution in [3.05, 3.63) is 34.3 Å². The highest BCUT2D eigenvalue weighted by Crippen LogP contribution is 2.11. The van der Waals surface area contributed by atoms with Crippen LogP contribution in [0.5, 0.6) is 0 Å². The van der Waals surface area contributed by atoms with Crippen LogP contribution in [0.2, 0.25) is 0 Å². The molecular weight excluding hydrogens is 280 g/mol. The van der Waals surface area contributed by atoms with Crippen molar-refractivity contribution in [3.8, 4) is 6.07 Å². The summed E-state index contributed by atoms with van der Waals surface area (Å²) in [5, 5.41) is 8.52. The zero-order chi connectivity index (χ0) is 12.7. The molecule has 1 aromatic rings. The molecule has 0 unspecified atom stereocenters. The molecule has 0 saturated heterocycles. The van der Waals surface area contributed by atoms with Gasteiger partial charge in [0.15, 0.2) is 0 Å². The van der Waals surface area contributed by atoms with E-state index in [0.29, 0.717) is 25.9 Å². The Morgan fingerprint density at radius 1 is 1.41 bits per heavy atom. The minimum atomic E-state index is 0.0741. The van der Waals surface area contributed by atoms with Gasteiger partial charge in [0.1, 0.15) is 0 Å². The summed E-state index contributed by atoms with van der Waals surface area (Å²) in [5.41, 5.74) is 0.994. The van der Waals surface area contributed by atoms with Crippen molar-refractivity contribution in [3.63, 3.8) is 0 Å². The summed E-state index contributed by atoms with van der Waals surface area (Å²) in [6, 6.07) is 9.77. The summed E-state index contributed by atoms with van der Waals surface area (Å²) in [5.74, 6) is 0.0741. The zero-order valence-corrected chi connectivity index (χ0v) is 11.4. The summed E-state index contributed by atoms with van der Waals surface area (Å²) in [7, 11) is 0. The molecule has 90 valence electrons. The Kier molecular flexibility index (Phi) is 5.71. The van der Waals surface area contributed by atoms with E-state index in [-0.39, 0.29) is 5.91 Å². The van der Waals surface area contributed by atoms with Gasteiger partial charge < -0.3 is 4.90 Å². The van der Waals surface area contributed by atoms with Gasteiger partial charge in [-0.25, -0.2) is 0 Å². The van der Waals surface area contributed by atoms with Crippen LogP contribution < -0.4 is 0 Å². The molecule has 0 saturated carbocycles. The molecule has 0 aliphatic heterocycles. The second-order valence-corrected chi connectivity index (χ2v) is 4.60. The highest BCUT2D eigenvalue weighted by atomic mass is 79.9. The maximum Gasteiger partial charge on any atom is 0.227 e. The Hall–Kier alpha value is -1.34. The van der Waals surface area contributed by atoms with Crippen LogP contribution in [0.3, 0.4) is 0 Å². The molecule has 0 atom stereocenters. The summed E-state index contributed by atoms with van der Waals surface area (Å²) in [6.07, 6.45) is 0.784. The average Bonchev–Trinajstić information content (AvgIpc) is 2.33. The number of hydrogen-bond donors (Lipinski definition) is 0. The van der Waals surface area contributed by atoms with E-state index in [4.69, 9.17) is 5.26 Å². The molecule has 0 N–H and O–H groups in total. The zero-order valence-electron chi connectivity index (χ0n) is 9.82. The number of hydrogen-bond acceptors (Lipinski definition) is 2. The van der Waals surface area contributed by atoms with Crippen molar-refractivity contribution >= 4 is 21.8 Å². The largest absolute Gasteiger partial charge is 0.342 e. The van der Waals surface area contributed by atoms with Crippen molar-refractivity contribution in [2.45, 2.75) is 19.8 Å². The molecule has 0 aliphatic rings. The molecule has 1 aromatic carbocycles. The van der Waals surface area contributed by atoms with Crippen LogP contribution in [0.15, 0.2) is 28.7 Å². The highest BCUT2D eigenvalue weighted by molar-refractivity contribution is 9.10. The monoisotopic (exact) mass is 294 g/mol. The quantitative estimate of drug-likeness (QED) is 0.838. The lowest BCUT2D eigenvalue weighted by atomic mass is 10.1. The van der Waals surface area contributed by atoms with Crippen LogP contribution in [0.4, 0.5) is 0 Å². The Morgan fingerprint density at radius 3 is 2.59 bits per heavy atom. The maximum absolute atomic E-state index is 11.9. The van der Waals surface area contributed by atoms with Crippen LogP contribution in [0.1, 0.15) is 18.9 Å². The molecule has 4 heteroatoms. The molecular formula is C13H15BrN2O. The molecule has 0 aliphatic carbocycles. The number of amides is 1. The second kappa shape index (κ2) is 7.08. The van der Waals surface area contributed by atoms with Crippen molar-refractivity contribution in [1.29, 1.82) is 5.26 Å². The highest BCUT2D eigenvalue weighted by Gasteiger charge is 2.11. The SMILES string of the molecule is CCN(CCC#N)C(=O)Cc1ccc(Br)cc1. The fourth-order valence-electron chi connectivity index (χ4n) is 1.53. The van der Waals surface area contributed by atoms with Gasteiger partial charge in [-0.2, -0.15) is 5.26 Å². The molecule has 3 nitrogen and oxygen atoms in total. The lowest BCUT2D eigenvalue weighted by Gasteiger charge is -2.19. The van der Waals surface area contributed by atoms with Gasteiger partial charge in [0.2, 0.25) is 5.91 Å². The van der Waals surface area contributed by atoms with Crippen molar-refractivity contribution in [2.75, 3.05) is 13.1 Å². The first-order valence-corrected chi connectivity index (χ1v) is 6.35. The normalized spacial score (nSPS) is 9.71. The summed E-state index contributed by atoms with van der Waals surface area (Å²) < 4.78 is 1.01. The number of benzene rings is 1. The van der Waals surface area contributed by atoms with Crippen LogP contribution in [0.25, 0.3) is 0 Å². The van der Waals surface area contributed by atoms with Gasteiger partial charge in [-0.1, -0.05) is 28.1 Å². The van der Waals surface area contributed by atoms with Gasteiger partial charge in [-0.05, 0) is 24.6 Å². The topological polar surface area (TPSA) is 44.1 Å². The Morgan fingerprint density at radius 2 is 2.06 bits per heavy atom. The van der Waals surface area contributed by atoms with Crippen LogP contribution in [0, 0.1) is 11.3 Å². The minimum Gasteiger partial charge on any atom is -0.342 e. The number of carbonyl (C=O) groups excluding carboxylic acids is 1. The van der Waals surface area contributed by atoms with E-state index < -0.39 is 0 Å². The van der Waals surface area contributed by atoms with Gasteiger partial charge in [0.25, 0.3) is 0 Å². The number of likely N-dealkylation sites (N-methyl/N-ethyl adjacent to an activating group) is 1. The van der Waals surface area contributed by atoms with Gasteiger partial charge in [-0.15, -0.1) is 0 Å². The third-order valence-electron chi connectivity index (χ3n) is 2.50. The molecule has 1 amide bonds. The van der Waals surface area contributed by atoms with E-state index in [0.717, 1.165) is 10.0 Å². The molecule has 0 fully saturated rings. The smallest absolute Gasteiger partial charge is 0.227 e. The predicted molar refractivity (Wildman–Crippen MR) is 70.3 cm³/mol. The van der Waals surface area contributed by atoms with Crippen LogP contribution in [-0.2, 0) is 11.2 Å². The van der Waals surface area contributed by atoms with Crippen molar-refractivity contribution in [1.82, 2.24) is 4.90 Å². The first kappa shape index (κ1) is 13.7. The summed E-state index contributed by atoms with van der Waals surface area (Å²) in [4.78, 5) is 13.7. The van der Waals surface area contributed by atoms with Gasteiger partial charge in [0, 0.05) is 17.6 Å². The molecule has 1 rings (SSSR count). The standard InChI is InChI=1S/C13H15BrN2O/c1-2-16(9-3-8-15)13(17)10-11-4-6-12(14)7-5-11/h4-7H,2-3,9-10H2,1H3. The van der Waals surface area contributed by atoms with E-state index in [9.17, 15) is 4.79 Å². The number of carbonyl (C=O) groups is 1.